The Labute approximate surface area is 161 Å². The van der Waals surface area contributed by atoms with Crippen molar-refractivity contribution in [3.05, 3.63) is 59.5 Å². The molecule has 0 atom stereocenters. The highest BCUT2D eigenvalue weighted by atomic mass is 16.5. The number of ether oxygens (including phenoxy) is 2. The average Bonchev–Trinajstić information content (AvgIpc) is 3.09. The lowest BCUT2D eigenvalue weighted by atomic mass is 10.2. The highest BCUT2D eigenvalue weighted by Gasteiger charge is 2.19. The molecule has 0 bridgehead atoms. The molecule has 0 unspecified atom stereocenters. The van der Waals surface area contributed by atoms with Gasteiger partial charge < -0.3 is 19.0 Å². The van der Waals surface area contributed by atoms with Crippen LogP contribution in [-0.2, 0) is 0 Å². The van der Waals surface area contributed by atoms with Crippen molar-refractivity contribution in [3.63, 3.8) is 0 Å². The van der Waals surface area contributed by atoms with Crippen LogP contribution in [0.4, 0.5) is 0 Å². The van der Waals surface area contributed by atoms with Crippen LogP contribution in [0.1, 0.15) is 21.8 Å². The third-order valence-electron chi connectivity index (χ3n) is 3.92. The normalized spacial score (nSPS) is 10.8. The number of nitrogens with zero attached hydrogens (tertiary/aromatic N) is 2. The number of carbonyl (C=O) groups is 1. The molecule has 0 fully saturated rings. The van der Waals surface area contributed by atoms with E-state index in [1.165, 1.54) is 19.4 Å². The summed E-state index contributed by atoms with van der Waals surface area (Å²) in [4.78, 5) is 16.7. The van der Waals surface area contributed by atoms with Crippen LogP contribution in [0.5, 0.6) is 17.2 Å². The van der Waals surface area contributed by atoms with Gasteiger partial charge in [-0.2, -0.15) is 5.10 Å². The number of aromatic hydroxyl groups is 1. The van der Waals surface area contributed by atoms with Gasteiger partial charge in [-0.1, -0.05) is 12.1 Å². The Morgan fingerprint density at radius 2 is 1.93 bits per heavy atom. The molecule has 0 aliphatic carbocycles. The van der Waals surface area contributed by atoms with Gasteiger partial charge in [0, 0.05) is 0 Å². The molecule has 144 valence electrons. The van der Waals surface area contributed by atoms with Crippen molar-refractivity contribution in [3.8, 4) is 28.7 Å². The van der Waals surface area contributed by atoms with Gasteiger partial charge in [0.15, 0.2) is 11.5 Å². The van der Waals surface area contributed by atoms with Crippen LogP contribution in [0, 0.1) is 6.92 Å². The van der Waals surface area contributed by atoms with E-state index in [1.807, 2.05) is 12.1 Å². The summed E-state index contributed by atoms with van der Waals surface area (Å²) in [5, 5.41) is 13.6. The number of carbonyl (C=O) groups excluding carboxylic acids is 1. The van der Waals surface area contributed by atoms with Crippen LogP contribution in [0.2, 0.25) is 0 Å². The van der Waals surface area contributed by atoms with E-state index in [1.54, 1.807) is 38.3 Å². The fourth-order valence-electron chi connectivity index (χ4n) is 2.55. The van der Waals surface area contributed by atoms with Crippen LogP contribution < -0.4 is 14.9 Å². The zero-order chi connectivity index (χ0) is 20.1. The Morgan fingerprint density at radius 1 is 1.18 bits per heavy atom. The third-order valence-corrected chi connectivity index (χ3v) is 3.92. The van der Waals surface area contributed by atoms with E-state index >= 15 is 0 Å². The Morgan fingerprint density at radius 3 is 2.64 bits per heavy atom. The Balaban J connectivity index is 1.75. The smallest absolute Gasteiger partial charge is 0.309 e. The topological polar surface area (TPSA) is 106 Å². The summed E-state index contributed by atoms with van der Waals surface area (Å²) < 4.78 is 15.9. The van der Waals surface area contributed by atoms with E-state index in [0.29, 0.717) is 28.3 Å². The van der Waals surface area contributed by atoms with Crippen LogP contribution in [0.3, 0.4) is 0 Å². The minimum atomic E-state index is -0.542. The number of nitrogens with one attached hydrogen (secondary N) is 1. The molecule has 0 saturated heterocycles. The van der Waals surface area contributed by atoms with E-state index in [-0.39, 0.29) is 17.4 Å². The Hall–Kier alpha value is -3.81. The molecular weight excluding hydrogens is 362 g/mol. The first kappa shape index (κ1) is 19.0. The maximum Gasteiger partial charge on any atom is 0.309 e. The average molecular weight is 381 g/mol. The highest BCUT2D eigenvalue weighted by molar-refractivity contribution is 5.93. The lowest BCUT2D eigenvalue weighted by Gasteiger charge is -2.04. The minimum absolute atomic E-state index is 0.0229. The van der Waals surface area contributed by atoms with E-state index in [9.17, 15) is 9.90 Å². The molecule has 2 aromatic carbocycles. The Kier molecular flexibility index (Phi) is 5.59. The van der Waals surface area contributed by atoms with Gasteiger partial charge in [-0.15, -0.1) is 0 Å². The number of rotatable bonds is 6. The number of hydrogen-bond donors (Lipinski definition) is 2. The molecule has 3 rings (SSSR count). The number of benzene rings is 2. The summed E-state index contributed by atoms with van der Waals surface area (Å²) in [5.74, 6) is 0.709. The first-order valence-corrected chi connectivity index (χ1v) is 8.34. The number of aromatic nitrogens is 1. The van der Waals surface area contributed by atoms with Crippen LogP contribution >= 0.6 is 0 Å². The Bertz CT molecular complexity index is 1030. The number of hydrogen-bond acceptors (Lipinski definition) is 7. The molecule has 1 aromatic heterocycles. The van der Waals surface area contributed by atoms with Gasteiger partial charge in [-0.25, -0.2) is 10.4 Å². The number of aryl methyl sites for hydroxylation is 1. The second kappa shape index (κ2) is 8.26. The molecule has 0 spiro atoms. The van der Waals surface area contributed by atoms with Gasteiger partial charge in [-0.3, -0.25) is 4.79 Å². The van der Waals surface area contributed by atoms with Crippen molar-refractivity contribution in [2.45, 2.75) is 6.92 Å². The molecule has 8 nitrogen and oxygen atoms in total. The van der Waals surface area contributed by atoms with Crippen molar-refractivity contribution >= 4 is 12.1 Å². The maximum absolute atomic E-state index is 12.4. The van der Waals surface area contributed by atoms with Crippen LogP contribution in [0.25, 0.3) is 11.5 Å². The molecule has 8 heteroatoms. The molecule has 0 aliphatic heterocycles. The van der Waals surface area contributed by atoms with Crippen molar-refractivity contribution < 1.29 is 23.8 Å². The first-order valence-electron chi connectivity index (χ1n) is 8.34. The van der Waals surface area contributed by atoms with Gasteiger partial charge in [0.05, 0.1) is 31.7 Å². The predicted octanol–water partition coefficient (Wildman–Crippen LogP) is 3.14. The van der Waals surface area contributed by atoms with Crippen molar-refractivity contribution in [1.82, 2.24) is 10.4 Å². The van der Waals surface area contributed by atoms with E-state index in [4.69, 9.17) is 13.9 Å². The van der Waals surface area contributed by atoms with E-state index < -0.39 is 5.91 Å². The number of para-hydroxylation sites is 1. The van der Waals surface area contributed by atoms with Gasteiger partial charge in [-0.05, 0) is 42.8 Å². The monoisotopic (exact) mass is 381 g/mol. The minimum Gasteiger partial charge on any atom is -0.504 e. The quantitative estimate of drug-likeness (QED) is 0.502. The second-order valence-electron chi connectivity index (χ2n) is 5.76. The molecule has 1 heterocycles. The van der Waals surface area contributed by atoms with Gasteiger partial charge in [0.25, 0.3) is 0 Å². The zero-order valence-electron chi connectivity index (χ0n) is 15.6. The fourth-order valence-corrected chi connectivity index (χ4v) is 2.55. The van der Waals surface area contributed by atoms with Gasteiger partial charge >= 0.3 is 5.91 Å². The van der Waals surface area contributed by atoms with Crippen LogP contribution in [-0.4, -0.2) is 36.4 Å². The summed E-state index contributed by atoms with van der Waals surface area (Å²) in [6.07, 6.45) is 1.39. The maximum atomic E-state index is 12.4. The van der Waals surface area contributed by atoms with Crippen molar-refractivity contribution in [2.75, 3.05) is 14.2 Å². The SMILES string of the molecule is COc1ccc(/C=N/NC(=O)c2oc(-c3ccccc3OC)nc2C)cc1O. The largest absolute Gasteiger partial charge is 0.504 e. The summed E-state index contributed by atoms with van der Waals surface area (Å²) >= 11 is 0. The molecule has 1 amide bonds. The third kappa shape index (κ3) is 3.96. The highest BCUT2D eigenvalue weighted by Crippen LogP contribution is 2.30. The first-order chi connectivity index (χ1) is 13.5. The van der Waals surface area contributed by atoms with E-state index in [0.717, 1.165) is 0 Å². The zero-order valence-corrected chi connectivity index (χ0v) is 15.6. The molecule has 0 radical (unpaired) electrons. The summed E-state index contributed by atoms with van der Waals surface area (Å²) in [7, 11) is 3.01. The predicted molar refractivity (Wildman–Crippen MR) is 103 cm³/mol. The second-order valence-corrected chi connectivity index (χ2v) is 5.76. The molecule has 28 heavy (non-hydrogen) atoms. The van der Waals surface area contributed by atoms with Gasteiger partial charge in [0.2, 0.25) is 11.7 Å². The number of phenols is 1. The van der Waals surface area contributed by atoms with Crippen LogP contribution in [0.15, 0.2) is 52.0 Å². The van der Waals surface area contributed by atoms with Gasteiger partial charge in [0.1, 0.15) is 5.75 Å². The lowest BCUT2D eigenvalue weighted by Crippen LogP contribution is -2.17. The number of oxazole rings is 1. The van der Waals surface area contributed by atoms with E-state index in [2.05, 4.69) is 15.5 Å². The lowest BCUT2D eigenvalue weighted by molar-refractivity contribution is 0.0927. The molecule has 0 saturated carbocycles. The number of phenolic OH excluding ortho intramolecular Hbond substituents is 1. The molecule has 0 aliphatic rings. The molecular formula is C20H19N3O5. The summed E-state index contributed by atoms with van der Waals surface area (Å²) in [6, 6.07) is 12.0. The summed E-state index contributed by atoms with van der Waals surface area (Å²) in [6.45, 7) is 1.67. The number of amides is 1. The standard InChI is InChI=1S/C20H19N3O5/c1-12-18(28-20(22-12)14-6-4-5-7-16(14)26-2)19(25)23-21-11-13-8-9-17(27-3)15(24)10-13/h4-11,24H,1-3H3,(H,23,25)/b21-11+. The van der Waals surface area contributed by atoms with Crippen molar-refractivity contribution in [2.24, 2.45) is 5.10 Å². The number of methoxy groups -OCH3 is 2. The van der Waals surface area contributed by atoms with Crippen molar-refractivity contribution in [1.29, 1.82) is 0 Å². The number of hydrazone groups is 1. The fraction of sp³-hybridized carbons (Fsp3) is 0.150. The molecule has 3 aromatic rings. The molecule has 2 N–H and O–H groups in total. The summed E-state index contributed by atoms with van der Waals surface area (Å²) in [5.41, 5.74) is 4.04.